The van der Waals surface area contributed by atoms with E-state index in [4.69, 9.17) is 8.83 Å². The van der Waals surface area contributed by atoms with Gasteiger partial charge in [0.2, 0.25) is 11.8 Å². The Labute approximate surface area is 126 Å². The second kappa shape index (κ2) is 4.70. The van der Waals surface area contributed by atoms with Crippen LogP contribution in [0.15, 0.2) is 70.5 Å². The molecule has 0 saturated heterocycles. The van der Waals surface area contributed by atoms with Gasteiger partial charge in [0.15, 0.2) is 11.2 Å². The number of nitrogens with zero attached hydrogens (tertiary/aromatic N) is 2. The largest absolute Gasteiger partial charge is 0.436 e. The van der Waals surface area contributed by atoms with Crippen LogP contribution in [-0.4, -0.2) is 9.97 Å². The van der Waals surface area contributed by atoms with Crippen molar-refractivity contribution in [3.63, 3.8) is 0 Å². The molecule has 0 saturated carbocycles. The average molecular weight is 288 g/mol. The summed E-state index contributed by atoms with van der Waals surface area (Å²) in [4.78, 5) is 8.83. The van der Waals surface area contributed by atoms with Crippen LogP contribution in [0, 0.1) is 0 Å². The molecule has 2 aromatic carbocycles. The number of aromatic nitrogens is 2. The Hall–Kier alpha value is -3.14. The van der Waals surface area contributed by atoms with Gasteiger partial charge in [0.1, 0.15) is 11.0 Å². The van der Waals surface area contributed by atoms with Gasteiger partial charge in [-0.1, -0.05) is 37.4 Å². The topological polar surface area (TPSA) is 52.1 Å². The predicted octanol–water partition coefficient (Wildman–Crippen LogP) is 4.70. The summed E-state index contributed by atoms with van der Waals surface area (Å²) in [5, 5.41) is 0. The van der Waals surface area contributed by atoms with Crippen LogP contribution in [-0.2, 0) is 0 Å². The molecule has 0 amide bonds. The maximum Gasteiger partial charge on any atom is 0.227 e. The highest BCUT2D eigenvalue weighted by atomic mass is 16.4. The van der Waals surface area contributed by atoms with Gasteiger partial charge in [-0.25, -0.2) is 9.97 Å². The third-order valence-electron chi connectivity index (χ3n) is 3.47. The van der Waals surface area contributed by atoms with Gasteiger partial charge in [0.05, 0.1) is 0 Å². The van der Waals surface area contributed by atoms with Gasteiger partial charge in [-0.05, 0) is 24.3 Å². The molecule has 2 heterocycles. The van der Waals surface area contributed by atoms with E-state index >= 15 is 0 Å². The van der Waals surface area contributed by atoms with Gasteiger partial charge in [-0.15, -0.1) is 0 Å². The zero-order valence-electron chi connectivity index (χ0n) is 11.7. The molecule has 0 spiro atoms. The van der Waals surface area contributed by atoms with Gasteiger partial charge in [0, 0.05) is 11.1 Å². The van der Waals surface area contributed by atoms with E-state index in [9.17, 15) is 0 Å². The zero-order chi connectivity index (χ0) is 15.1. The highest BCUT2D eigenvalue weighted by Crippen LogP contribution is 2.31. The summed E-state index contributed by atoms with van der Waals surface area (Å²) in [5.41, 5.74) is 4.10. The summed E-state index contributed by atoms with van der Waals surface area (Å²) in [6, 6.07) is 15.1. The fourth-order valence-corrected chi connectivity index (χ4v) is 2.26. The molecule has 0 bridgehead atoms. The van der Waals surface area contributed by atoms with Gasteiger partial charge in [-0.3, -0.25) is 0 Å². The summed E-state index contributed by atoms with van der Waals surface area (Å²) in [6.45, 7) is 8.02. The minimum absolute atomic E-state index is 0.424. The van der Waals surface area contributed by atoms with Gasteiger partial charge >= 0.3 is 0 Å². The second-order valence-corrected chi connectivity index (χ2v) is 4.93. The van der Waals surface area contributed by atoms with Crippen LogP contribution in [0.4, 0.5) is 0 Å². The average Bonchev–Trinajstić information content (AvgIpc) is 3.16. The fraction of sp³-hybridized carbons (Fsp3) is 0. The quantitative estimate of drug-likeness (QED) is 0.513. The molecule has 0 unspecified atom stereocenters. The number of hydrogen-bond acceptors (Lipinski definition) is 4. The maximum absolute atomic E-state index is 5.71. The summed E-state index contributed by atoms with van der Waals surface area (Å²) in [5.74, 6) is 0.849. The molecule has 22 heavy (non-hydrogen) atoms. The molecule has 0 radical (unpaired) electrons. The van der Waals surface area contributed by atoms with Crippen LogP contribution in [0.1, 0.15) is 11.8 Å². The number of fused-ring (bicyclic) bond motifs is 2. The third-order valence-corrected chi connectivity index (χ3v) is 3.47. The number of para-hydroxylation sites is 4. The van der Waals surface area contributed by atoms with Crippen molar-refractivity contribution in [3.8, 4) is 0 Å². The highest BCUT2D eigenvalue weighted by molar-refractivity contribution is 6.00. The Kier molecular flexibility index (Phi) is 2.69. The molecular weight excluding hydrogens is 276 g/mol. The third kappa shape index (κ3) is 1.93. The van der Waals surface area contributed by atoms with Crippen molar-refractivity contribution < 1.29 is 8.83 Å². The monoisotopic (exact) mass is 288 g/mol. The molecule has 0 fully saturated rings. The molecule has 0 aliphatic rings. The van der Waals surface area contributed by atoms with E-state index in [0.29, 0.717) is 34.1 Å². The van der Waals surface area contributed by atoms with Crippen LogP contribution in [0.2, 0.25) is 0 Å². The molecule has 4 heteroatoms. The summed E-state index contributed by atoms with van der Waals surface area (Å²) < 4.78 is 11.4. The van der Waals surface area contributed by atoms with Crippen molar-refractivity contribution in [2.45, 2.75) is 0 Å². The van der Waals surface area contributed by atoms with Crippen molar-refractivity contribution in [2.75, 3.05) is 0 Å². The Bertz CT molecular complexity index is 874. The number of allylic oxidation sites excluding steroid dienone is 2. The maximum atomic E-state index is 5.71. The van der Waals surface area contributed by atoms with Gasteiger partial charge in [0.25, 0.3) is 0 Å². The van der Waals surface area contributed by atoms with Crippen LogP contribution in [0.25, 0.3) is 33.3 Å². The highest BCUT2D eigenvalue weighted by Gasteiger charge is 2.17. The number of benzene rings is 2. The molecule has 0 aliphatic heterocycles. The minimum Gasteiger partial charge on any atom is -0.436 e. The lowest BCUT2D eigenvalue weighted by molar-refractivity contribution is 0.577. The predicted molar refractivity (Wildman–Crippen MR) is 86.1 cm³/mol. The normalized spacial score (nSPS) is 11.1. The van der Waals surface area contributed by atoms with Crippen molar-refractivity contribution in [1.29, 1.82) is 0 Å². The summed E-state index contributed by atoms with van der Waals surface area (Å²) >= 11 is 0. The number of rotatable bonds is 3. The fourth-order valence-electron chi connectivity index (χ4n) is 2.26. The lowest BCUT2D eigenvalue weighted by atomic mass is 10.1. The Morgan fingerprint density at radius 3 is 1.50 bits per heavy atom. The van der Waals surface area contributed by atoms with E-state index in [-0.39, 0.29) is 0 Å². The van der Waals surface area contributed by atoms with Gasteiger partial charge in [-0.2, -0.15) is 0 Å². The van der Waals surface area contributed by atoms with Crippen LogP contribution < -0.4 is 0 Å². The molecule has 2 aromatic heterocycles. The van der Waals surface area contributed by atoms with E-state index in [0.717, 1.165) is 11.0 Å². The van der Waals surface area contributed by atoms with Crippen molar-refractivity contribution >= 4 is 33.3 Å². The lowest BCUT2D eigenvalue weighted by Crippen LogP contribution is -1.88. The first-order chi connectivity index (χ1) is 10.7. The minimum atomic E-state index is 0.424. The zero-order valence-corrected chi connectivity index (χ0v) is 11.7. The first kappa shape index (κ1) is 12.6. The van der Waals surface area contributed by atoms with E-state index in [1.54, 1.807) is 0 Å². The molecule has 4 rings (SSSR count). The second-order valence-electron chi connectivity index (χ2n) is 4.93. The summed E-state index contributed by atoms with van der Waals surface area (Å²) in [7, 11) is 0. The standard InChI is InChI=1S/C18H12N2O2/c1-11(17-19-13-7-3-5-9-15(13)21-17)12(2)18-20-14-8-4-6-10-16(14)22-18/h3-10H,1-2H2. The molecule has 0 N–H and O–H groups in total. The van der Waals surface area contributed by atoms with Crippen LogP contribution in [0.3, 0.4) is 0 Å². The van der Waals surface area contributed by atoms with Gasteiger partial charge < -0.3 is 8.83 Å². The van der Waals surface area contributed by atoms with E-state index in [1.165, 1.54) is 0 Å². The van der Waals surface area contributed by atoms with E-state index in [2.05, 4.69) is 23.1 Å². The molecule has 4 nitrogen and oxygen atoms in total. The molecule has 0 aliphatic carbocycles. The van der Waals surface area contributed by atoms with Crippen molar-refractivity contribution in [2.24, 2.45) is 0 Å². The van der Waals surface area contributed by atoms with Crippen LogP contribution in [0.5, 0.6) is 0 Å². The lowest BCUT2D eigenvalue weighted by Gasteiger charge is -2.00. The molecule has 0 atom stereocenters. The molecular formula is C18H12N2O2. The van der Waals surface area contributed by atoms with Crippen molar-refractivity contribution in [1.82, 2.24) is 9.97 Å². The first-order valence-corrected chi connectivity index (χ1v) is 6.82. The molecule has 106 valence electrons. The SMILES string of the molecule is C=C(C(=C)c1nc2ccccc2o1)c1nc2ccccc2o1. The first-order valence-electron chi connectivity index (χ1n) is 6.82. The number of hydrogen-bond donors (Lipinski definition) is 0. The van der Waals surface area contributed by atoms with E-state index < -0.39 is 0 Å². The Morgan fingerprint density at radius 1 is 0.682 bits per heavy atom. The number of oxazole rings is 2. The Morgan fingerprint density at radius 2 is 1.09 bits per heavy atom. The molecule has 4 aromatic rings. The van der Waals surface area contributed by atoms with E-state index in [1.807, 2.05) is 48.5 Å². The van der Waals surface area contributed by atoms with Crippen molar-refractivity contribution in [3.05, 3.63) is 73.5 Å². The Balaban J connectivity index is 1.73. The van der Waals surface area contributed by atoms with Crippen LogP contribution >= 0.6 is 0 Å². The summed E-state index contributed by atoms with van der Waals surface area (Å²) in [6.07, 6.45) is 0. The smallest absolute Gasteiger partial charge is 0.227 e.